The van der Waals surface area contributed by atoms with Crippen molar-refractivity contribution >= 4 is 28.9 Å². The molecule has 0 aliphatic rings. The third kappa shape index (κ3) is 1.85. The Morgan fingerprint density at radius 2 is 1.92 bits per heavy atom. The summed E-state index contributed by atoms with van der Waals surface area (Å²) >= 11 is 11.8. The predicted molar refractivity (Wildman–Crippen MR) is 54.9 cm³/mol. The molecule has 0 heterocycles. The third-order valence-electron chi connectivity index (χ3n) is 1.71. The smallest absolute Gasteiger partial charge is 0.0824 e. The van der Waals surface area contributed by atoms with Crippen molar-refractivity contribution in [3.8, 4) is 0 Å². The number of nitrogen functional groups attached to an aromatic ring is 1. The van der Waals surface area contributed by atoms with E-state index in [9.17, 15) is 0 Å². The van der Waals surface area contributed by atoms with Gasteiger partial charge in [-0.2, -0.15) is 0 Å². The molecule has 0 aromatic heterocycles. The van der Waals surface area contributed by atoms with Gasteiger partial charge in [0.15, 0.2) is 0 Å². The van der Waals surface area contributed by atoms with Crippen LogP contribution < -0.4 is 5.73 Å². The van der Waals surface area contributed by atoms with Crippen LogP contribution >= 0.6 is 23.2 Å². The average Bonchev–Trinajstić information content (AvgIpc) is 2.07. The Morgan fingerprint density at radius 1 is 1.25 bits per heavy atom. The molecule has 0 saturated heterocycles. The van der Waals surface area contributed by atoms with Crippen molar-refractivity contribution in [3.63, 3.8) is 0 Å². The van der Waals surface area contributed by atoms with E-state index < -0.39 is 0 Å². The highest BCUT2D eigenvalue weighted by molar-refractivity contribution is 6.44. The zero-order chi connectivity index (χ0) is 9.14. The molecule has 0 bridgehead atoms. The Balaban J connectivity index is 3.08. The van der Waals surface area contributed by atoms with E-state index in [4.69, 9.17) is 28.9 Å². The lowest BCUT2D eigenvalue weighted by Gasteiger charge is -2.05. The zero-order valence-electron chi connectivity index (χ0n) is 6.90. The van der Waals surface area contributed by atoms with Gasteiger partial charge in [0.05, 0.1) is 15.7 Å². The molecule has 1 rings (SSSR count). The van der Waals surface area contributed by atoms with Gasteiger partial charge in [-0.25, -0.2) is 0 Å². The van der Waals surface area contributed by atoms with Crippen LogP contribution in [0.4, 0.5) is 5.69 Å². The molecule has 0 spiro atoms. The van der Waals surface area contributed by atoms with Gasteiger partial charge in [-0.15, -0.1) is 0 Å². The van der Waals surface area contributed by atoms with Crippen LogP contribution in [0.3, 0.4) is 0 Å². The van der Waals surface area contributed by atoms with Gasteiger partial charge in [0.2, 0.25) is 0 Å². The molecule has 0 aliphatic carbocycles. The zero-order valence-corrected chi connectivity index (χ0v) is 8.41. The molecule has 0 fully saturated rings. The molecule has 2 N–H and O–H groups in total. The summed E-state index contributed by atoms with van der Waals surface area (Å²) in [7, 11) is 0. The molecule has 0 unspecified atom stereocenters. The fraction of sp³-hybridized carbons (Fsp3) is 0.333. The van der Waals surface area contributed by atoms with Crippen molar-refractivity contribution in [2.75, 3.05) is 5.73 Å². The number of hydrogen-bond acceptors (Lipinski definition) is 1. The minimum absolute atomic E-state index is 0.475. The van der Waals surface area contributed by atoms with Crippen molar-refractivity contribution in [1.29, 1.82) is 0 Å². The van der Waals surface area contributed by atoms with Gasteiger partial charge in [-0.3, -0.25) is 0 Å². The second kappa shape index (κ2) is 4.01. The molecule has 1 nitrogen and oxygen atoms in total. The lowest BCUT2D eigenvalue weighted by atomic mass is 10.1. The summed E-state index contributed by atoms with van der Waals surface area (Å²) in [5.74, 6) is 0. The summed E-state index contributed by atoms with van der Waals surface area (Å²) in [5, 5.41) is 1.07. The van der Waals surface area contributed by atoms with Gasteiger partial charge in [0.25, 0.3) is 0 Å². The largest absolute Gasteiger partial charge is 0.397 e. The van der Waals surface area contributed by atoms with Crippen LogP contribution in [-0.4, -0.2) is 0 Å². The first kappa shape index (κ1) is 9.69. The highest BCUT2D eigenvalue weighted by atomic mass is 35.5. The Labute approximate surface area is 82.5 Å². The fourth-order valence-corrected chi connectivity index (χ4v) is 1.52. The van der Waals surface area contributed by atoms with Crippen molar-refractivity contribution in [3.05, 3.63) is 27.7 Å². The standard InChI is InChI=1S/C9H11Cl2N/c1-2-3-6-4-5-7(12)9(11)8(6)10/h4-5H,2-3,12H2,1H3. The minimum atomic E-state index is 0.475. The summed E-state index contributed by atoms with van der Waals surface area (Å²) in [6.07, 6.45) is 2.00. The number of anilines is 1. The minimum Gasteiger partial charge on any atom is -0.397 e. The van der Waals surface area contributed by atoms with E-state index in [-0.39, 0.29) is 0 Å². The van der Waals surface area contributed by atoms with E-state index in [2.05, 4.69) is 6.92 Å². The number of hydrogen-bond donors (Lipinski definition) is 1. The van der Waals surface area contributed by atoms with Crippen LogP contribution in [0.1, 0.15) is 18.9 Å². The Hall–Kier alpha value is -0.400. The van der Waals surface area contributed by atoms with Crippen LogP contribution in [0.15, 0.2) is 12.1 Å². The third-order valence-corrected chi connectivity index (χ3v) is 2.65. The lowest BCUT2D eigenvalue weighted by Crippen LogP contribution is -1.91. The van der Waals surface area contributed by atoms with E-state index in [1.54, 1.807) is 6.07 Å². The van der Waals surface area contributed by atoms with Crippen molar-refractivity contribution in [1.82, 2.24) is 0 Å². The molecule has 0 aliphatic heterocycles. The summed E-state index contributed by atoms with van der Waals surface area (Å²) < 4.78 is 0. The predicted octanol–water partition coefficient (Wildman–Crippen LogP) is 3.53. The molecule has 0 amide bonds. The highest BCUT2D eigenvalue weighted by Crippen LogP contribution is 2.31. The maximum Gasteiger partial charge on any atom is 0.0824 e. The Bertz CT molecular complexity index is 284. The van der Waals surface area contributed by atoms with Gasteiger partial charge in [0, 0.05) is 0 Å². The van der Waals surface area contributed by atoms with Crippen molar-refractivity contribution < 1.29 is 0 Å². The van der Waals surface area contributed by atoms with Crippen LogP contribution in [-0.2, 0) is 6.42 Å². The monoisotopic (exact) mass is 203 g/mol. The molecule has 0 radical (unpaired) electrons. The molecule has 3 heteroatoms. The van der Waals surface area contributed by atoms with E-state index in [1.165, 1.54) is 0 Å². The lowest BCUT2D eigenvalue weighted by molar-refractivity contribution is 0.922. The van der Waals surface area contributed by atoms with Gasteiger partial charge in [0.1, 0.15) is 0 Å². The number of nitrogens with two attached hydrogens (primary N) is 1. The summed E-state index contributed by atoms with van der Waals surface area (Å²) in [6, 6.07) is 3.71. The molecular formula is C9H11Cl2N. The van der Waals surface area contributed by atoms with E-state index in [0.717, 1.165) is 18.4 Å². The Morgan fingerprint density at radius 3 is 2.50 bits per heavy atom. The van der Waals surface area contributed by atoms with Crippen LogP contribution in [0.5, 0.6) is 0 Å². The van der Waals surface area contributed by atoms with Crippen LogP contribution in [0.25, 0.3) is 0 Å². The van der Waals surface area contributed by atoms with E-state index in [1.807, 2.05) is 6.07 Å². The number of benzene rings is 1. The average molecular weight is 204 g/mol. The van der Waals surface area contributed by atoms with Gasteiger partial charge in [-0.1, -0.05) is 42.6 Å². The number of rotatable bonds is 2. The van der Waals surface area contributed by atoms with Gasteiger partial charge >= 0.3 is 0 Å². The second-order valence-corrected chi connectivity index (χ2v) is 3.45. The highest BCUT2D eigenvalue weighted by Gasteiger charge is 2.06. The summed E-state index contributed by atoms with van der Waals surface area (Å²) in [5.41, 5.74) is 7.18. The first-order chi connectivity index (χ1) is 5.66. The first-order valence-corrected chi connectivity index (χ1v) is 4.64. The molecular weight excluding hydrogens is 193 g/mol. The maximum atomic E-state index is 5.97. The molecule has 66 valence electrons. The summed E-state index contributed by atoms with van der Waals surface area (Å²) in [4.78, 5) is 0. The van der Waals surface area contributed by atoms with Gasteiger partial charge < -0.3 is 5.73 Å². The molecule has 1 aromatic carbocycles. The molecule has 1 aromatic rings. The van der Waals surface area contributed by atoms with E-state index >= 15 is 0 Å². The molecule has 0 saturated carbocycles. The van der Waals surface area contributed by atoms with Crippen molar-refractivity contribution in [2.24, 2.45) is 0 Å². The van der Waals surface area contributed by atoms with Crippen LogP contribution in [0.2, 0.25) is 10.0 Å². The normalized spacial score (nSPS) is 10.2. The number of aryl methyl sites for hydroxylation is 1. The molecule has 0 atom stereocenters. The first-order valence-electron chi connectivity index (χ1n) is 3.89. The van der Waals surface area contributed by atoms with Crippen molar-refractivity contribution in [2.45, 2.75) is 19.8 Å². The SMILES string of the molecule is CCCc1ccc(N)c(Cl)c1Cl. The van der Waals surface area contributed by atoms with Crippen LogP contribution in [0, 0.1) is 0 Å². The van der Waals surface area contributed by atoms with E-state index in [0.29, 0.717) is 15.7 Å². The van der Waals surface area contributed by atoms with Gasteiger partial charge in [-0.05, 0) is 18.1 Å². The fourth-order valence-electron chi connectivity index (χ4n) is 1.07. The molecule has 12 heavy (non-hydrogen) atoms. The Kier molecular flexibility index (Phi) is 3.24. The quantitative estimate of drug-likeness (QED) is 0.732. The maximum absolute atomic E-state index is 5.97. The topological polar surface area (TPSA) is 26.0 Å². The number of halogens is 2. The second-order valence-electron chi connectivity index (χ2n) is 2.69. The summed E-state index contributed by atoms with van der Waals surface area (Å²) in [6.45, 7) is 2.10.